The van der Waals surface area contributed by atoms with Crippen molar-refractivity contribution in [3.05, 3.63) is 45.6 Å². The predicted octanol–water partition coefficient (Wildman–Crippen LogP) is 3.71. The van der Waals surface area contributed by atoms with Crippen LogP contribution in [0.15, 0.2) is 34.5 Å². The standard InChI is InChI=1S/C14H18BrNO/c1-3-16-14(13-5-4-8-17-13)11-9-10(2)6-7-12(11)15/h5-7,9,14,16H,3-4,8H2,1-2H3. The number of hydrogen-bond acceptors (Lipinski definition) is 2. The number of likely N-dealkylation sites (N-methyl/N-ethyl adjacent to an activating group) is 1. The first-order valence-corrected chi connectivity index (χ1v) is 6.84. The van der Waals surface area contributed by atoms with Crippen molar-refractivity contribution >= 4 is 15.9 Å². The van der Waals surface area contributed by atoms with E-state index in [1.165, 1.54) is 11.1 Å². The molecule has 0 aliphatic carbocycles. The Balaban J connectivity index is 2.34. The van der Waals surface area contributed by atoms with Crippen molar-refractivity contribution in [3.8, 4) is 0 Å². The van der Waals surface area contributed by atoms with Crippen molar-refractivity contribution in [2.24, 2.45) is 0 Å². The SMILES string of the molecule is CCNC(C1=CCCO1)c1cc(C)ccc1Br. The second-order valence-electron chi connectivity index (χ2n) is 4.26. The van der Waals surface area contributed by atoms with Crippen LogP contribution in [0.25, 0.3) is 0 Å². The molecule has 17 heavy (non-hydrogen) atoms. The van der Waals surface area contributed by atoms with Crippen molar-refractivity contribution in [2.75, 3.05) is 13.2 Å². The number of nitrogens with one attached hydrogen (secondary N) is 1. The third kappa shape index (κ3) is 2.90. The van der Waals surface area contributed by atoms with E-state index in [0.717, 1.165) is 29.8 Å². The van der Waals surface area contributed by atoms with Gasteiger partial charge < -0.3 is 10.1 Å². The van der Waals surface area contributed by atoms with E-state index in [2.05, 4.69) is 59.4 Å². The quantitative estimate of drug-likeness (QED) is 0.914. The Morgan fingerprint density at radius 1 is 1.47 bits per heavy atom. The van der Waals surface area contributed by atoms with Crippen LogP contribution in [0.1, 0.15) is 30.5 Å². The van der Waals surface area contributed by atoms with Crippen molar-refractivity contribution in [1.29, 1.82) is 0 Å². The van der Waals surface area contributed by atoms with E-state index >= 15 is 0 Å². The van der Waals surface area contributed by atoms with Gasteiger partial charge in [-0.1, -0.05) is 40.5 Å². The van der Waals surface area contributed by atoms with Crippen LogP contribution in [-0.2, 0) is 4.74 Å². The minimum atomic E-state index is 0.164. The first-order valence-electron chi connectivity index (χ1n) is 6.04. The van der Waals surface area contributed by atoms with Crippen LogP contribution in [0, 0.1) is 6.92 Å². The highest BCUT2D eigenvalue weighted by Gasteiger charge is 2.21. The maximum absolute atomic E-state index is 5.69. The average molecular weight is 296 g/mol. The summed E-state index contributed by atoms with van der Waals surface area (Å²) in [6.45, 7) is 5.96. The van der Waals surface area contributed by atoms with E-state index in [9.17, 15) is 0 Å². The van der Waals surface area contributed by atoms with Gasteiger partial charge in [0, 0.05) is 10.9 Å². The Hall–Kier alpha value is -0.800. The van der Waals surface area contributed by atoms with Gasteiger partial charge in [-0.2, -0.15) is 0 Å². The van der Waals surface area contributed by atoms with Crippen LogP contribution in [-0.4, -0.2) is 13.2 Å². The molecule has 1 heterocycles. The molecule has 0 amide bonds. The molecule has 1 aromatic carbocycles. The second-order valence-corrected chi connectivity index (χ2v) is 5.11. The Morgan fingerprint density at radius 3 is 2.94 bits per heavy atom. The molecule has 0 radical (unpaired) electrons. The summed E-state index contributed by atoms with van der Waals surface area (Å²) < 4.78 is 6.82. The fraction of sp³-hybridized carbons (Fsp3) is 0.429. The van der Waals surface area contributed by atoms with Crippen molar-refractivity contribution in [2.45, 2.75) is 26.3 Å². The lowest BCUT2D eigenvalue weighted by molar-refractivity contribution is 0.216. The van der Waals surface area contributed by atoms with E-state index in [0.29, 0.717) is 0 Å². The van der Waals surface area contributed by atoms with E-state index < -0.39 is 0 Å². The third-order valence-corrected chi connectivity index (χ3v) is 3.61. The van der Waals surface area contributed by atoms with E-state index in [-0.39, 0.29) is 6.04 Å². The van der Waals surface area contributed by atoms with Gasteiger partial charge in [0.25, 0.3) is 0 Å². The Bertz CT molecular complexity index is 428. The summed E-state index contributed by atoms with van der Waals surface area (Å²) in [4.78, 5) is 0. The summed E-state index contributed by atoms with van der Waals surface area (Å²) >= 11 is 3.63. The predicted molar refractivity (Wildman–Crippen MR) is 73.9 cm³/mol. The molecule has 1 atom stereocenters. The van der Waals surface area contributed by atoms with Crippen LogP contribution in [0.2, 0.25) is 0 Å². The zero-order valence-corrected chi connectivity index (χ0v) is 11.9. The van der Waals surface area contributed by atoms with Crippen LogP contribution in [0.3, 0.4) is 0 Å². The maximum atomic E-state index is 5.69. The first kappa shape index (κ1) is 12.7. The Kier molecular flexibility index (Phi) is 4.24. The topological polar surface area (TPSA) is 21.3 Å². The van der Waals surface area contributed by atoms with Gasteiger partial charge in [0.15, 0.2) is 0 Å². The van der Waals surface area contributed by atoms with E-state index in [1.54, 1.807) is 0 Å². The van der Waals surface area contributed by atoms with Crippen molar-refractivity contribution < 1.29 is 4.74 Å². The highest BCUT2D eigenvalue weighted by atomic mass is 79.9. The molecule has 3 heteroatoms. The van der Waals surface area contributed by atoms with Crippen LogP contribution in [0.5, 0.6) is 0 Å². The summed E-state index contributed by atoms with van der Waals surface area (Å²) in [5.41, 5.74) is 2.52. The van der Waals surface area contributed by atoms with Gasteiger partial charge in [0.1, 0.15) is 5.76 Å². The molecular formula is C14H18BrNO. The number of hydrogen-bond donors (Lipinski definition) is 1. The summed E-state index contributed by atoms with van der Waals surface area (Å²) in [5, 5.41) is 3.49. The molecule has 92 valence electrons. The Morgan fingerprint density at radius 2 is 2.29 bits per heavy atom. The van der Waals surface area contributed by atoms with Crippen LogP contribution in [0.4, 0.5) is 0 Å². The molecule has 0 fully saturated rings. The summed E-state index contributed by atoms with van der Waals surface area (Å²) in [5.74, 6) is 1.05. The molecule has 1 aliphatic rings. The van der Waals surface area contributed by atoms with Gasteiger partial charge in [-0.05, 0) is 31.2 Å². The first-order chi connectivity index (χ1) is 8.22. The average Bonchev–Trinajstić information content (AvgIpc) is 2.83. The number of benzene rings is 1. The largest absolute Gasteiger partial charge is 0.496 e. The molecule has 0 saturated carbocycles. The van der Waals surface area contributed by atoms with Crippen LogP contribution < -0.4 is 5.32 Å². The molecule has 2 nitrogen and oxygen atoms in total. The lowest BCUT2D eigenvalue weighted by atomic mass is 10.0. The lowest BCUT2D eigenvalue weighted by Crippen LogP contribution is -2.23. The molecule has 0 spiro atoms. The number of aryl methyl sites for hydroxylation is 1. The van der Waals surface area contributed by atoms with Gasteiger partial charge in [0.05, 0.1) is 12.6 Å². The lowest BCUT2D eigenvalue weighted by Gasteiger charge is -2.21. The van der Waals surface area contributed by atoms with Gasteiger partial charge in [0.2, 0.25) is 0 Å². The van der Waals surface area contributed by atoms with Crippen molar-refractivity contribution in [3.63, 3.8) is 0 Å². The molecule has 0 aromatic heterocycles. The van der Waals surface area contributed by atoms with Gasteiger partial charge in [-0.3, -0.25) is 0 Å². The van der Waals surface area contributed by atoms with Crippen molar-refractivity contribution in [1.82, 2.24) is 5.32 Å². The zero-order chi connectivity index (χ0) is 12.3. The highest BCUT2D eigenvalue weighted by Crippen LogP contribution is 2.32. The van der Waals surface area contributed by atoms with Crippen LogP contribution >= 0.6 is 15.9 Å². The molecule has 0 bridgehead atoms. The number of halogens is 1. The molecule has 1 aromatic rings. The minimum Gasteiger partial charge on any atom is -0.496 e. The maximum Gasteiger partial charge on any atom is 0.114 e. The summed E-state index contributed by atoms with van der Waals surface area (Å²) in [6, 6.07) is 6.59. The second kappa shape index (κ2) is 5.69. The summed E-state index contributed by atoms with van der Waals surface area (Å²) in [6.07, 6.45) is 3.20. The molecule has 1 aliphatic heterocycles. The van der Waals surface area contributed by atoms with Gasteiger partial charge in [-0.15, -0.1) is 0 Å². The summed E-state index contributed by atoms with van der Waals surface area (Å²) in [7, 11) is 0. The fourth-order valence-electron chi connectivity index (χ4n) is 2.09. The molecule has 0 saturated heterocycles. The molecular weight excluding hydrogens is 278 g/mol. The highest BCUT2D eigenvalue weighted by molar-refractivity contribution is 9.10. The molecule has 1 unspecified atom stereocenters. The minimum absolute atomic E-state index is 0.164. The number of rotatable bonds is 4. The molecule has 1 N–H and O–H groups in total. The monoisotopic (exact) mass is 295 g/mol. The Labute approximate surface area is 111 Å². The third-order valence-electron chi connectivity index (χ3n) is 2.89. The van der Waals surface area contributed by atoms with Gasteiger partial charge >= 0.3 is 0 Å². The number of ether oxygens (including phenoxy) is 1. The zero-order valence-electron chi connectivity index (χ0n) is 10.3. The van der Waals surface area contributed by atoms with E-state index in [1.807, 2.05) is 0 Å². The fourth-order valence-corrected chi connectivity index (χ4v) is 2.57. The smallest absolute Gasteiger partial charge is 0.114 e. The molecule has 2 rings (SSSR count). The van der Waals surface area contributed by atoms with E-state index in [4.69, 9.17) is 4.74 Å². The normalized spacial score (nSPS) is 16.5. The van der Waals surface area contributed by atoms with Gasteiger partial charge in [-0.25, -0.2) is 0 Å².